The number of carbonyl (C=O) groups is 1. The normalized spacial score (nSPS) is 10.2. The Labute approximate surface area is 102 Å². The van der Waals surface area contributed by atoms with E-state index in [-0.39, 0.29) is 5.56 Å². The van der Waals surface area contributed by atoms with Crippen molar-refractivity contribution >= 4 is 23.1 Å². The number of hydrogen-bond acceptors (Lipinski definition) is 5. The summed E-state index contributed by atoms with van der Waals surface area (Å²) in [6.45, 7) is 2.58. The fourth-order valence-corrected chi connectivity index (χ4v) is 2.22. The molecule has 2 N–H and O–H groups in total. The molecule has 0 spiro atoms. The molecule has 0 saturated heterocycles. The van der Waals surface area contributed by atoms with Crippen LogP contribution < -0.4 is 5.32 Å². The van der Waals surface area contributed by atoms with Crippen LogP contribution in [0.15, 0.2) is 24.4 Å². The fourth-order valence-electron chi connectivity index (χ4n) is 1.39. The van der Waals surface area contributed by atoms with Gasteiger partial charge < -0.3 is 10.4 Å². The summed E-state index contributed by atoms with van der Waals surface area (Å²) < 4.78 is 0. The van der Waals surface area contributed by atoms with E-state index in [2.05, 4.69) is 15.5 Å². The summed E-state index contributed by atoms with van der Waals surface area (Å²) >= 11 is 1.66. The van der Waals surface area contributed by atoms with Crippen LogP contribution in [0.5, 0.6) is 0 Å². The van der Waals surface area contributed by atoms with E-state index in [0.717, 1.165) is 4.88 Å². The van der Waals surface area contributed by atoms with Crippen molar-refractivity contribution in [1.29, 1.82) is 0 Å². The highest BCUT2D eigenvalue weighted by Crippen LogP contribution is 2.17. The SMILES string of the molecule is Cc1ccc(CNc2nnccc2C(=O)O)s1. The number of aromatic nitrogens is 2. The predicted octanol–water partition coefficient (Wildman–Crippen LogP) is 2.16. The van der Waals surface area contributed by atoms with Crippen LogP contribution in [0.2, 0.25) is 0 Å². The third-order valence-electron chi connectivity index (χ3n) is 2.18. The summed E-state index contributed by atoms with van der Waals surface area (Å²) in [4.78, 5) is 13.3. The highest BCUT2D eigenvalue weighted by molar-refractivity contribution is 7.11. The molecular weight excluding hydrogens is 238 g/mol. The van der Waals surface area contributed by atoms with Crippen LogP contribution in [-0.4, -0.2) is 21.3 Å². The molecule has 88 valence electrons. The van der Waals surface area contributed by atoms with E-state index in [1.165, 1.54) is 17.1 Å². The standard InChI is InChI=1S/C11H11N3O2S/c1-7-2-3-8(17-7)6-12-10-9(11(15)16)4-5-13-14-10/h2-5H,6H2,1H3,(H,12,14)(H,15,16). The third-order valence-corrected chi connectivity index (χ3v) is 3.18. The molecule has 17 heavy (non-hydrogen) atoms. The minimum absolute atomic E-state index is 0.133. The van der Waals surface area contributed by atoms with Gasteiger partial charge in [0.2, 0.25) is 0 Å². The number of aryl methyl sites for hydroxylation is 1. The number of aromatic carboxylic acids is 1. The van der Waals surface area contributed by atoms with Gasteiger partial charge in [0.15, 0.2) is 5.82 Å². The summed E-state index contributed by atoms with van der Waals surface area (Å²) in [5, 5.41) is 19.4. The Kier molecular flexibility index (Phi) is 3.34. The zero-order valence-electron chi connectivity index (χ0n) is 9.17. The molecule has 6 heteroatoms. The molecule has 0 atom stereocenters. The molecule has 0 aliphatic heterocycles. The van der Waals surface area contributed by atoms with Crippen molar-refractivity contribution in [2.75, 3.05) is 5.32 Å². The first-order valence-electron chi connectivity index (χ1n) is 5.01. The average Bonchev–Trinajstić information content (AvgIpc) is 2.73. The quantitative estimate of drug-likeness (QED) is 0.868. The zero-order chi connectivity index (χ0) is 12.3. The number of nitrogens with one attached hydrogen (secondary N) is 1. The van der Waals surface area contributed by atoms with E-state index in [0.29, 0.717) is 12.4 Å². The molecule has 5 nitrogen and oxygen atoms in total. The Morgan fingerprint density at radius 2 is 2.29 bits per heavy atom. The Bertz CT molecular complexity index is 539. The molecule has 2 aromatic rings. The second-order valence-electron chi connectivity index (χ2n) is 3.46. The van der Waals surface area contributed by atoms with Crippen molar-refractivity contribution in [3.05, 3.63) is 39.7 Å². The smallest absolute Gasteiger partial charge is 0.339 e. The molecule has 0 aliphatic carbocycles. The van der Waals surface area contributed by atoms with Crippen LogP contribution in [0.25, 0.3) is 0 Å². The first kappa shape index (κ1) is 11.5. The van der Waals surface area contributed by atoms with Crippen molar-refractivity contribution < 1.29 is 9.90 Å². The van der Waals surface area contributed by atoms with Gasteiger partial charge in [0.05, 0.1) is 12.7 Å². The van der Waals surface area contributed by atoms with Crippen LogP contribution in [0.1, 0.15) is 20.1 Å². The molecule has 0 bridgehead atoms. The third kappa shape index (κ3) is 2.79. The highest BCUT2D eigenvalue weighted by atomic mass is 32.1. The molecule has 0 unspecified atom stereocenters. The molecule has 0 aromatic carbocycles. The summed E-state index contributed by atoms with van der Waals surface area (Å²) in [6, 6.07) is 5.46. The topological polar surface area (TPSA) is 75.1 Å². The molecule has 0 aliphatic rings. The molecular formula is C11H11N3O2S. The molecule has 0 fully saturated rings. The number of nitrogens with zero attached hydrogens (tertiary/aromatic N) is 2. The van der Waals surface area contributed by atoms with Crippen molar-refractivity contribution in [1.82, 2.24) is 10.2 Å². The average molecular weight is 249 g/mol. The van der Waals surface area contributed by atoms with E-state index in [1.807, 2.05) is 19.1 Å². The zero-order valence-corrected chi connectivity index (χ0v) is 9.99. The van der Waals surface area contributed by atoms with Crippen LogP contribution in [0.3, 0.4) is 0 Å². The summed E-state index contributed by atoms with van der Waals surface area (Å²) in [5.41, 5.74) is 0.133. The van der Waals surface area contributed by atoms with Crippen LogP contribution in [0, 0.1) is 6.92 Å². The van der Waals surface area contributed by atoms with E-state index in [1.54, 1.807) is 11.3 Å². The van der Waals surface area contributed by atoms with E-state index < -0.39 is 5.97 Å². The van der Waals surface area contributed by atoms with Gasteiger partial charge in [-0.25, -0.2) is 4.79 Å². The first-order valence-corrected chi connectivity index (χ1v) is 5.82. The van der Waals surface area contributed by atoms with Crippen molar-refractivity contribution in [2.24, 2.45) is 0 Å². The Morgan fingerprint density at radius 3 is 2.94 bits per heavy atom. The van der Waals surface area contributed by atoms with E-state index in [9.17, 15) is 4.79 Å². The number of rotatable bonds is 4. The molecule has 0 saturated carbocycles. The van der Waals surface area contributed by atoms with E-state index in [4.69, 9.17) is 5.11 Å². The second-order valence-corrected chi connectivity index (χ2v) is 4.84. The number of hydrogen-bond donors (Lipinski definition) is 2. The van der Waals surface area contributed by atoms with Gasteiger partial charge in [0.25, 0.3) is 0 Å². The van der Waals surface area contributed by atoms with Crippen molar-refractivity contribution in [2.45, 2.75) is 13.5 Å². The minimum Gasteiger partial charge on any atom is -0.478 e. The van der Waals surface area contributed by atoms with Crippen LogP contribution >= 0.6 is 11.3 Å². The van der Waals surface area contributed by atoms with Crippen LogP contribution in [0.4, 0.5) is 5.82 Å². The maximum Gasteiger partial charge on any atom is 0.339 e. The second kappa shape index (κ2) is 4.92. The lowest BCUT2D eigenvalue weighted by Crippen LogP contribution is -2.08. The number of thiophene rings is 1. The Balaban J connectivity index is 2.11. The van der Waals surface area contributed by atoms with Crippen molar-refractivity contribution in [3.63, 3.8) is 0 Å². The molecule has 2 heterocycles. The van der Waals surface area contributed by atoms with Crippen LogP contribution in [-0.2, 0) is 6.54 Å². The minimum atomic E-state index is -1.01. The first-order chi connectivity index (χ1) is 8.16. The van der Waals surface area contributed by atoms with Gasteiger partial charge >= 0.3 is 5.97 Å². The van der Waals surface area contributed by atoms with Gasteiger partial charge in [-0.3, -0.25) is 0 Å². The van der Waals surface area contributed by atoms with Gasteiger partial charge in [-0.2, -0.15) is 5.10 Å². The molecule has 2 aromatic heterocycles. The maximum absolute atomic E-state index is 10.9. The number of carboxylic acids is 1. The number of anilines is 1. The molecule has 2 rings (SSSR count). The summed E-state index contributed by atoms with van der Waals surface area (Å²) in [7, 11) is 0. The summed E-state index contributed by atoms with van der Waals surface area (Å²) in [6.07, 6.45) is 1.37. The number of carboxylic acid groups (broad SMARTS) is 1. The Hall–Kier alpha value is -1.95. The maximum atomic E-state index is 10.9. The predicted molar refractivity (Wildman–Crippen MR) is 65.4 cm³/mol. The molecule has 0 radical (unpaired) electrons. The highest BCUT2D eigenvalue weighted by Gasteiger charge is 2.10. The van der Waals surface area contributed by atoms with Gasteiger partial charge in [-0.05, 0) is 25.1 Å². The van der Waals surface area contributed by atoms with Gasteiger partial charge in [-0.15, -0.1) is 16.4 Å². The molecule has 0 amide bonds. The fraction of sp³-hybridized carbons (Fsp3) is 0.182. The largest absolute Gasteiger partial charge is 0.478 e. The summed E-state index contributed by atoms with van der Waals surface area (Å²) in [5.74, 6) is -0.712. The Morgan fingerprint density at radius 1 is 1.47 bits per heavy atom. The van der Waals surface area contributed by atoms with Gasteiger partial charge in [-0.1, -0.05) is 0 Å². The lowest BCUT2D eigenvalue weighted by molar-refractivity contribution is 0.0697. The van der Waals surface area contributed by atoms with Gasteiger partial charge in [0.1, 0.15) is 5.56 Å². The monoisotopic (exact) mass is 249 g/mol. The lowest BCUT2D eigenvalue weighted by Gasteiger charge is -2.05. The lowest BCUT2D eigenvalue weighted by atomic mass is 10.3. The van der Waals surface area contributed by atoms with E-state index >= 15 is 0 Å². The van der Waals surface area contributed by atoms with Gasteiger partial charge in [0, 0.05) is 9.75 Å². The van der Waals surface area contributed by atoms with Crippen molar-refractivity contribution in [3.8, 4) is 0 Å².